The zero-order chi connectivity index (χ0) is 15.4. The van der Waals surface area contributed by atoms with Crippen LogP contribution in [0.5, 0.6) is 0 Å². The van der Waals surface area contributed by atoms with Gasteiger partial charge in [-0.15, -0.1) is 0 Å². The molecule has 0 spiro atoms. The summed E-state index contributed by atoms with van der Waals surface area (Å²) >= 11 is 0. The lowest BCUT2D eigenvalue weighted by molar-refractivity contribution is -0.167. The van der Waals surface area contributed by atoms with Crippen LogP contribution in [0.3, 0.4) is 0 Å². The van der Waals surface area contributed by atoms with E-state index in [1.165, 1.54) is 0 Å². The second kappa shape index (κ2) is 6.77. The molecule has 0 amide bonds. The monoisotopic (exact) mass is 316 g/mol. The molecule has 1 aliphatic rings. The highest BCUT2D eigenvalue weighted by molar-refractivity contribution is 7.86. The van der Waals surface area contributed by atoms with E-state index in [4.69, 9.17) is 9.29 Å². The molecule has 0 bridgehead atoms. The Morgan fingerprint density at radius 2 is 1.90 bits per heavy atom. The Kier molecular flexibility index (Phi) is 5.84. The SMILES string of the molecule is CC(OC(=O)COC1CCCCC1)C(F)(F)S(=O)(=O)O. The zero-order valence-corrected chi connectivity index (χ0v) is 11.9. The van der Waals surface area contributed by atoms with Crippen molar-refractivity contribution in [2.45, 2.75) is 56.5 Å². The Labute approximate surface area is 116 Å². The molecule has 1 atom stereocenters. The number of carbonyl (C=O) groups excluding carboxylic acids is 1. The summed E-state index contributed by atoms with van der Waals surface area (Å²) in [6.45, 7) is 0.169. The third-order valence-corrected chi connectivity index (χ3v) is 4.13. The van der Waals surface area contributed by atoms with Gasteiger partial charge in [-0.05, 0) is 19.8 Å². The van der Waals surface area contributed by atoms with Gasteiger partial charge in [0.1, 0.15) is 6.61 Å². The fourth-order valence-corrected chi connectivity index (χ4v) is 2.39. The largest absolute Gasteiger partial charge is 0.453 e. The molecule has 20 heavy (non-hydrogen) atoms. The summed E-state index contributed by atoms with van der Waals surface area (Å²) < 4.78 is 65.0. The fraction of sp³-hybridized carbons (Fsp3) is 0.909. The molecule has 0 aromatic heterocycles. The van der Waals surface area contributed by atoms with Crippen LogP contribution in [0, 0.1) is 0 Å². The van der Waals surface area contributed by atoms with Crippen LogP contribution in [0.2, 0.25) is 0 Å². The lowest BCUT2D eigenvalue weighted by Gasteiger charge is -2.23. The maximum atomic E-state index is 13.1. The summed E-state index contributed by atoms with van der Waals surface area (Å²) in [5.41, 5.74) is 0. The van der Waals surface area contributed by atoms with Crippen molar-refractivity contribution in [2.75, 3.05) is 6.61 Å². The van der Waals surface area contributed by atoms with Gasteiger partial charge in [0.25, 0.3) is 0 Å². The summed E-state index contributed by atoms with van der Waals surface area (Å²) in [4.78, 5) is 11.3. The highest BCUT2D eigenvalue weighted by atomic mass is 32.2. The Bertz CT molecular complexity index is 430. The van der Waals surface area contributed by atoms with Crippen molar-refractivity contribution in [3.63, 3.8) is 0 Å². The Morgan fingerprint density at radius 3 is 2.40 bits per heavy atom. The van der Waals surface area contributed by atoms with E-state index in [1.54, 1.807) is 0 Å². The van der Waals surface area contributed by atoms with Gasteiger partial charge in [0.15, 0.2) is 6.10 Å². The maximum absolute atomic E-state index is 13.1. The van der Waals surface area contributed by atoms with Crippen LogP contribution in [0.15, 0.2) is 0 Å². The topological polar surface area (TPSA) is 89.9 Å². The normalized spacial score (nSPS) is 19.6. The molecule has 1 aliphatic carbocycles. The summed E-state index contributed by atoms with van der Waals surface area (Å²) in [7, 11) is -5.63. The first kappa shape index (κ1) is 17.3. The van der Waals surface area contributed by atoms with Crippen molar-refractivity contribution in [2.24, 2.45) is 0 Å². The molecule has 1 rings (SSSR count). The zero-order valence-electron chi connectivity index (χ0n) is 11.0. The van der Waals surface area contributed by atoms with Gasteiger partial charge in [-0.3, -0.25) is 4.55 Å². The summed E-state index contributed by atoms with van der Waals surface area (Å²) in [6, 6.07) is 0. The van der Waals surface area contributed by atoms with E-state index in [2.05, 4.69) is 4.74 Å². The number of rotatable bonds is 6. The average Bonchev–Trinajstić information content (AvgIpc) is 2.36. The quantitative estimate of drug-likeness (QED) is 0.593. The van der Waals surface area contributed by atoms with Crippen molar-refractivity contribution in [3.8, 4) is 0 Å². The minimum atomic E-state index is -5.63. The van der Waals surface area contributed by atoms with Crippen LogP contribution >= 0.6 is 0 Å². The highest BCUT2D eigenvalue weighted by Crippen LogP contribution is 2.27. The molecule has 9 heteroatoms. The van der Waals surface area contributed by atoms with Crippen LogP contribution in [0.25, 0.3) is 0 Å². The van der Waals surface area contributed by atoms with E-state index in [9.17, 15) is 22.0 Å². The van der Waals surface area contributed by atoms with Crippen LogP contribution < -0.4 is 0 Å². The summed E-state index contributed by atoms with van der Waals surface area (Å²) in [5.74, 6) is -1.09. The molecule has 0 aromatic carbocycles. The summed E-state index contributed by atoms with van der Waals surface area (Å²) in [5, 5.41) is -4.55. The smallest absolute Gasteiger partial charge is 0.405 e. The Morgan fingerprint density at radius 1 is 1.35 bits per heavy atom. The van der Waals surface area contributed by atoms with Crippen LogP contribution in [0.1, 0.15) is 39.0 Å². The number of alkyl halides is 2. The molecule has 1 N–H and O–H groups in total. The molecule has 1 saturated carbocycles. The molecular weight excluding hydrogens is 298 g/mol. The van der Waals surface area contributed by atoms with Gasteiger partial charge < -0.3 is 9.47 Å². The van der Waals surface area contributed by atoms with Crippen molar-refractivity contribution in [1.82, 2.24) is 0 Å². The first-order chi connectivity index (χ1) is 9.14. The number of hydrogen-bond donors (Lipinski definition) is 1. The van der Waals surface area contributed by atoms with Crippen LogP contribution in [-0.4, -0.2) is 43.0 Å². The number of ether oxygens (including phenoxy) is 2. The van der Waals surface area contributed by atoms with Gasteiger partial charge in [0.05, 0.1) is 6.10 Å². The van der Waals surface area contributed by atoms with Gasteiger partial charge in [-0.2, -0.15) is 17.2 Å². The van der Waals surface area contributed by atoms with Crippen molar-refractivity contribution in [1.29, 1.82) is 0 Å². The molecule has 0 aromatic rings. The predicted molar refractivity (Wildman–Crippen MR) is 64.9 cm³/mol. The van der Waals surface area contributed by atoms with E-state index < -0.39 is 34.1 Å². The molecule has 118 valence electrons. The number of carbonyl (C=O) groups is 1. The van der Waals surface area contributed by atoms with Gasteiger partial charge in [-0.25, -0.2) is 4.79 Å². The first-order valence-corrected chi connectivity index (χ1v) is 7.74. The van der Waals surface area contributed by atoms with Gasteiger partial charge in [-0.1, -0.05) is 19.3 Å². The van der Waals surface area contributed by atoms with Crippen LogP contribution in [0.4, 0.5) is 8.78 Å². The van der Waals surface area contributed by atoms with Crippen molar-refractivity contribution in [3.05, 3.63) is 0 Å². The molecular formula is C11H18F2O6S. The lowest BCUT2D eigenvalue weighted by Crippen LogP contribution is -2.42. The predicted octanol–water partition coefficient (Wildman–Crippen LogP) is 1.75. The van der Waals surface area contributed by atoms with Crippen molar-refractivity contribution >= 4 is 16.1 Å². The lowest BCUT2D eigenvalue weighted by atomic mass is 9.98. The van der Waals surface area contributed by atoms with Gasteiger partial charge in [0, 0.05) is 0 Å². The number of esters is 1. The molecule has 1 fully saturated rings. The molecule has 0 saturated heterocycles. The second-order valence-corrected chi connectivity index (χ2v) is 6.23. The Hall–Kier alpha value is -0.800. The molecule has 0 aliphatic heterocycles. The van der Waals surface area contributed by atoms with E-state index in [-0.39, 0.29) is 6.10 Å². The molecule has 0 heterocycles. The Balaban J connectivity index is 2.41. The van der Waals surface area contributed by atoms with E-state index in [1.807, 2.05) is 0 Å². The molecule has 6 nitrogen and oxygen atoms in total. The second-order valence-electron chi connectivity index (χ2n) is 4.74. The van der Waals surface area contributed by atoms with E-state index in [0.717, 1.165) is 32.1 Å². The molecule has 0 radical (unpaired) electrons. The number of hydrogen-bond acceptors (Lipinski definition) is 5. The molecule has 1 unspecified atom stereocenters. The standard InChI is InChI=1S/C11H18F2O6S/c1-8(11(12,13)20(15,16)17)19-10(14)7-18-9-5-3-2-4-6-9/h8-9H,2-7H2,1H3,(H,15,16,17). The third-order valence-electron chi connectivity index (χ3n) is 3.11. The summed E-state index contributed by atoms with van der Waals surface area (Å²) in [6.07, 6.45) is 2.26. The minimum absolute atomic E-state index is 0.103. The first-order valence-electron chi connectivity index (χ1n) is 6.30. The average molecular weight is 316 g/mol. The fourth-order valence-electron chi connectivity index (χ4n) is 1.93. The third kappa shape index (κ3) is 4.64. The van der Waals surface area contributed by atoms with Crippen molar-refractivity contribution < 1.29 is 36.0 Å². The number of halogens is 2. The minimum Gasteiger partial charge on any atom is -0.453 e. The van der Waals surface area contributed by atoms with Gasteiger partial charge >= 0.3 is 21.3 Å². The van der Waals surface area contributed by atoms with Gasteiger partial charge in [0.2, 0.25) is 0 Å². The van der Waals surface area contributed by atoms with Crippen LogP contribution in [-0.2, 0) is 24.4 Å². The van der Waals surface area contributed by atoms with E-state index >= 15 is 0 Å². The van der Waals surface area contributed by atoms with E-state index in [0.29, 0.717) is 6.92 Å². The highest BCUT2D eigenvalue weighted by Gasteiger charge is 2.51. The maximum Gasteiger partial charge on any atom is 0.405 e.